The summed E-state index contributed by atoms with van der Waals surface area (Å²) in [6.45, 7) is 10.1. The Labute approximate surface area is 201 Å². The molecular formula is C23H24Cl2N6O2. The van der Waals surface area contributed by atoms with E-state index in [-0.39, 0.29) is 11.6 Å². The molecule has 3 heterocycles. The summed E-state index contributed by atoms with van der Waals surface area (Å²) in [6, 6.07) is 7.61. The molecule has 1 N–H and O–H groups in total. The van der Waals surface area contributed by atoms with Crippen molar-refractivity contribution in [2.24, 2.45) is 0 Å². The van der Waals surface area contributed by atoms with Gasteiger partial charge in [0.15, 0.2) is 5.69 Å². The molecular weight excluding hydrogens is 463 g/mol. The maximum atomic E-state index is 13.2. The Morgan fingerprint density at radius 3 is 2.36 bits per heavy atom. The van der Waals surface area contributed by atoms with Crippen LogP contribution in [0.3, 0.4) is 0 Å². The van der Waals surface area contributed by atoms with Crippen molar-refractivity contribution in [1.82, 2.24) is 24.7 Å². The molecule has 3 aromatic heterocycles. The Morgan fingerprint density at radius 1 is 1.00 bits per heavy atom. The van der Waals surface area contributed by atoms with Gasteiger partial charge in [-0.25, -0.2) is 0 Å². The number of carbonyl (C=O) groups is 1. The Morgan fingerprint density at radius 2 is 1.70 bits per heavy atom. The number of anilines is 1. The maximum Gasteiger partial charge on any atom is 0.278 e. The summed E-state index contributed by atoms with van der Waals surface area (Å²) in [7, 11) is 0. The van der Waals surface area contributed by atoms with Crippen LogP contribution in [0.4, 0.5) is 5.69 Å². The van der Waals surface area contributed by atoms with Crippen molar-refractivity contribution in [2.45, 2.75) is 47.7 Å². The maximum absolute atomic E-state index is 13.2. The van der Waals surface area contributed by atoms with E-state index in [0.29, 0.717) is 45.8 Å². The van der Waals surface area contributed by atoms with E-state index in [9.17, 15) is 4.79 Å². The lowest BCUT2D eigenvalue weighted by Gasteiger charge is -2.08. The molecule has 0 radical (unpaired) electrons. The molecule has 0 unspecified atom stereocenters. The molecule has 4 aromatic rings. The van der Waals surface area contributed by atoms with Crippen LogP contribution >= 0.6 is 23.2 Å². The fraction of sp³-hybridized carbons (Fsp3) is 0.304. The molecule has 1 aromatic carbocycles. The SMILES string of the molecule is Cc1nn(Cc2c(C(=O)Nc3c(C)nn(Cc4cccc(Cl)c4)c3C)noc2C)c(C)c1Cl. The topological polar surface area (TPSA) is 90.8 Å². The number of halogens is 2. The Balaban J connectivity index is 1.58. The molecule has 0 aliphatic carbocycles. The number of aromatic nitrogens is 5. The second-order valence-corrected chi connectivity index (χ2v) is 8.81. The highest BCUT2D eigenvalue weighted by Crippen LogP contribution is 2.25. The van der Waals surface area contributed by atoms with Crippen molar-refractivity contribution >= 4 is 34.8 Å². The predicted molar refractivity (Wildman–Crippen MR) is 127 cm³/mol. The van der Waals surface area contributed by atoms with Gasteiger partial charge < -0.3 is 9.84 Å². The lowest BCUT2D eigenvalue weighted by atomic mass is 10.1. The van der Waals surface area contributed by atoms with Crippen LogP contribution < -0.4 is 5.32 Å². The third-order valence-corrected chi connectivity index (χ3v) is 6.42. The van der Waals surface area contributed by atoms with Gasteiger partial charge >= 0.3 is 0 Å². The Bertz CT molecular complexity index is 1350. The lowest BCUT2D eigenvalue weighted by Crippen LogP contribution is -2.17. The molecule has 0 aliphatic rings. The summed E-state index contributed by atoms with van der Waals surface area (Å²) in [5.41, 5.74) is 5.59. The molecule has 0 fully saturated rings. The fourth-order valence-corrected chi connectivity index (χ4v) is 4.10. The van der Waals surface area contributed by atoms with E-state index >= 15 is 0 Å². The zero-order valence-electron chi connectivity index (χ0n) is 19.0. The van der Waals surface area contributed by atoms with Crippen LogP contribution in [0.5, 0.6) is 0 Å². The summed E-state index contributed by atoms with van der Waals surface area (Å²) in [4.78, 5) is 13.2. The summed E-state index contributed by atoms with van der Waals surface area (Å²) < 4.78 is 8.92. The number of hydrogen-bond donors (Lipinski definition) is 1. The fourth-order valence-electron chi connectivity index (χ4n) is 3.75. The minimum Gasteiger partial charge on any atom is -0.361 e. The van der Waals surface area contributed by atoms with E-state index in [1.165, 1.54) is 0 Å². The highest BCUT2D eigenvalue weighted by atomic mass is 35.5. The van der Waals surface area contributed by atoms with Gasteiger partial charge in [0.05, 0.1) is 46.6 Å². The van der Waals surface area contributed by atoms with Gasteiger partial charge in [-0.2, -0.15) is 10.2 Å². The van der Waals surface area contributed by atoms with Crippen molar-refractivity contribution < 1.29 is 9.32 Å². The highest BCUT2D eigenvalue weighted by molar-refractivity contribution is 6.31. The van der Waals surface area contributed by atoms with Gasteiger partial charge in [0.2, 0.25) is 0 Å². The van der Waals surface area contributed by atoms with Gasteiger partial charge in [0.1, 0.15) is 5.76 Å². The van der Waals surface area contributed by atoms with Crippen LogP contribution in [0, 0.1) is 34.6 Å². The van der Waals surface area contributed by atoms with Crippen LogP contribution in [-0.4, -0.2) is 30.6 Å². The van der Waals surface area contributed by atoms with Gasteiger partial charge in [-0.1, -0.05) is 40.5 Å². The second kappa shape index (κ2) is 9.03. The number of aryl methyl sites for hydroxylation is 3. The van der Waals surface area contributed by atoms with E-state index in [0.717, 1.165) is 22.6 Å². The first kappa shape index (κ1) is 23.1. The van der Waals surface area contributed by atoms with Gasteiger partial charge in [0.25, 0.3) is 5.91 Å². The molecule has 0 atom stereocenters. The third-order valence-electron chi connectivity index (χ3n) is 5.64. The summed E-state index contributed by atoms with van der Waals surface area (Å²) >= 11 is 12.4. The van der Waals surface area contributed by atoms with E-state index < -0.39 is 0 Å². The molecule has 0 bridgehead atoms. The monoisotopic (exact) mass is 486 g/mol. The lowest BCUT2D eigenvalue weighted by molar-refractivity contribution is 0.101. The second-order valence-electron chi connectivity index (χ2n) is 8.00. The van der Waals surface area contributed by atoms with Crippen molar-refractivity contribution in [2.75, 3.05) is 5.32 Å². The molecule has 8 nitrogen and oxygen atoms in total. The number of nitrogens with zero attached hydrogens (tertiary/aromatic N) is 5. The average molecular weight is 487 g/mol. The van der Waals surface area contributed by atoms with E-state index in [2.05, 4.69) is 20.7 Å². The minimum absolute atomic E-state index is 0.206. The summed E-state index contributed by atoms with van der Waals surface area (Å²) in [5.74, 6) is 0.178. The summed E-state index contributed by atoms with van der Waals surface area (Å²) in [6.07, 6.45) is 0. The first-order chi connectivity index (χ1) is 15.7. The van der Waals surface area contributed by atoms with Gasteiger partial charge in [0, 0.05) is 10.6 Å². The number of nitrogens with one attached hydrogen (secondary N) is 1. The number of hydrogen-bond acceptors (Lipinski definition) is 5. The zero-order valence-corrected chi connectivity index (χ0v) is 20.5. The van der Waals surface area contributed by atoms with Crippen LogP contribution in [0.1, 0.15) is 50.2 Å². The number of rotatable bonds is 6. The smallest absolute Gasteiger partial charge is 0.278 e. The molecule has 172 valence electrons. The average Bonchev–Trinajstić information content (AvgIpc) is 3.34. The Hall–Kier alpha value is -3.10. The number of benzene rings is 1. The molecule has 0 saturated heterocycles. The molecule has 0 spiro atoms. The van der Waals surface area contributed by atoms with Crippen LogP contribution in [0.15, 0.2) is 28.8 Å². The zero-order chi connectivity index (χ0) is 23.9. The molecule has 1 amide bonds. The van der Waals surface area contributed by atoms with E-state index in [1.807, 2.05) is 56.6 Å². The molecule has 4 rings (SSSR count). The van der Waals surface area contributed by atoms with Gasteiger partial charge in [-0.15, -0.1) is 0 Å². The molecule has 0 saturated carbocycles. The van der Waals surface area contributed by atoms with Crippen LogP contribution in [-0.2, 0) is 13.1 Å². The van der Waals surface area contributed by atoms with Crippen molar-refractivity contribution in [3.8, 4) is 0 Å². The van der Waals surface area contributed by atoms with Gasteiger partial charge in [-0.05, 0) is 52.3 Å². The highest BCUT2D eigenvalue weighted by Gasteiger charge is 2.24. The van der Waals surface area contributed by atoms with Gasteiger partial charge in [-0.3, -0.25) is 14.2 Å². The third kappa shape index (κ3) is 4.54. The van der Waals surface area contributed by atoms with Crippen molar-refractivity contribution in [3.63, 3.8) is 0 Å². The Kier molecular flexibility index (Phi) is 6.32. The van der Waals surface area contributed by atoms with E-state index in [4.69, 9.17) is 27.7 Å². The standard InChI is InChI=1S/C23H24Cl2N6O2/c1-12-20(25)14(3)31(27-12)11-19-16(5)33-29-22(19)23(32)26-21-13(2)28-30(15(21)4)10-17-7-6-8-18(24)9-17/h6-9H,10-11H2,1-5H3,(H,26,32). The quantitative estimate of drug-likeness (QED) is 0.401. The van der Waals surface area contributed by atoms with Crippen LogP contribution in [0.25, 0.3) is 0 Å². The molecule has 0 aliphatic heterocycles. The molecule has 10 heteroatoms. The first-order valence-electron chi connectivity index (χ1n) is 10.4. The first-order valence-corrected chi connectivity index (χ1v) is 11.2. The number of carbonyl (C=O) groups excluding carboxylic acids is 1. The van der Waals surface area contributed by atoms with Crippen molar-refractivity contribution in [1.29, 1.82) is 0 Å². The number of amides is 1. The minimum atomic E-state index is -0.372. The van der Waals surface area contributed by atoms with Crippen molar-refractivity contribution in [3.05, 3.63) is 79.7 Å². The largest absolute Gasteiger partial charge is 0.361 e. The normalized spacial score (nSPS) is 11.2. The van der Waals surface area contributed by atoms with E-state index in [1.54, 1.807) is 11.6 Å². The molecule has 33 heavy (non-hydrogen) atoms. The van der Waals surface area contributed by atoms with Crippen LogP contribution in [0.2, 0.25) is 10.0 Å². The predicted octanol–water partition coefficient (Wildman–Crippen LogP) is 5.27. The summed E-state index contributed by atoms with van der Waals surface area (Å²) in [5, 5.41) is 17.3.